The van der Waals surface area contributed by atoms with Crippen molar-refractivity contribution in [2.24, 2.45) is 0 Å². The fourth-order valence-corrected chi connectivity index (χ4v) is 3.25. The Morgan fingerprint density at radius 1 is 1.07 bits per heavy atom. The van der Waals surface area contributed by atoms with Crippen LogP contribution in [0.25, 0.3) is 11.3 Å². The average molecular weight is 370 g/mol. The molecule has 1 aliphatic rings. The van der Waals surface area contributed by atoms with Crippen molar-refractivity contribution in [3.05, 3.63) is 72.3 Å². The van der Waals surface area contributed by atoms with Crippen molar-refractivity contribution in [1.82, 2.24) is 9.88 Å². The van der Waals surface area contributed by atoms with Crippen LogP contribution in [0, 0.1) is 11.6 Å². The Balaban J connectivity index is 1.30. The Hall–Kier alpha value is -2.73. The van der Waals surface area contributed by atoms with Crippen LogP contribution >= 0.6 is 0 Å². The number of hydrogen-bond acceptors (Lipinski definition) is 4. The molecule has 0 aliphatic carbocycles. The van der Waals surface area contributed by atoms with E-state index >= 15 is 0 Å². The van der Waals surface area contributed by atoms with Crippen LogP contribution in [0.3, 0.4) is 0 Å². The molecular formula is C21H20F2N2O2. The molecule has 0 amide bonds. The monoisotopic (exact) mass is 370 g/mol. The molecule has 0 bridgehead atoms. The van der Waals surface area contributed by atoms with Crippen molar-refractivity contribution in [3.63, 3.8) is 0 Å². The highest BCUT2D eigenvalue weighted by Crippen LogP contribution is 2.24. The van der Waals surface area contributed by atoms with Crippen LogP contribution < -0.4 is 4.74 Å². The predicted molar refractivity (Wildman–Crippen MR) is 97.2 cm³/mol. The van der Waals surface area contributed by atoms with Crippen LogP contribution in [0.2, 0.25) is 0 Å². The maximum Gasteiger partial charge on any atom is 0.209 e. The zero-order chi connectivity index (χ0) is 18.6. The second-order valence-electron chi connectivity index (χ2n) is 6.65. The summed E-state index contributed by atoms with van der Waals surface area (Å²) in [5, 5.41) is 0. The van der Waals surface area contributed by atoms with Gasteiger partial charge in [-0.3, -0.25) is 4.90 Å². The Morgan fingerprint density at radius 2 is 1.85 bits per heavy atom. The summed E-state index contributed by atoms with van der Waals surface area (Å²) in [6.07, 6.45) is 3.20. The van der Waals surface area contributed by atoms with Crippen LogP contribution in [0.5, 0.6) is 5.75 Å². The molecule has 1 fully saturated rings. The van der Waals surface area contributed by atoms with E-state index in [-0.39, 0.29) is 11.9 Å². The minimum Gasteiger partial charge on any atom is -0.487 e. The third-order valence-corrected chi connectivity index (χ3v) is 4.69. The van der Waals surface area contributed by atoms with Gasteiger partial charge in [-0.15, -0.1) is 0 Å². The number of ether oxygens (including phenoxy) is 1. The van der Waals surface area contributed by atoms with Gasteiger partial charge in [-0.25, -0.2) is 13.8 Å². The standard InChI is InChI=1S/C21H20F2N2O2/c22-16-6-7-19(18(23)12-16)26-17-8-10-25(11-9-17)14-21-24-13-20(27-21)15-4-2-1-3-5-15/h1-7,12-13,17H,8-11,14H2. The number of rotatable bonds is 5. The number of nitrogens with zero attached hydrogens (tertiary/aromatic N) is 2. The summed E-state index contributed by atoms with van der Waals surface area (Å²) >= 11 is 0. The van der Waals surface area contributed by atoms with Crippen molar-refractivity contribution in [2.75, 3.05) is 13.1 Å². The van der Waals surface area contributed by atoms with Crippen molar-refractivity contribution < 1.29 is 17.9 Å². The van der Waals surface area contributed by atoms with Crippen molar-refractivity contribution in [3.8, 4) is 17.1 Å². The van der Waals surface area contributed by atoms with Gasteiger partial charge in [0.2, 0.25) is 5.89 Å². The molecule has 0 spiro atoms. The summed E-state index contributed by atoms with van der Waals surface area (Å²) < 4.78 is 38.2. The van der Waals surface area contributed by atoms with Crippen LogP contribution in [-0.4, -0.2) is 29.1 Å². The first-order chi connectivity index (χ1) is 13.2. The third kappa shape index (κ3) is 4.34. The predicted octanol–water partition coefficient (Wildman–Crippen LogP) is 4.66. The summed E-state index contributed by atoms with van der Waals surface area (Å²) in [6, 6.07) is 13.3. The molecule has 27 heavy (non-hydrogen) atoms. The molecule has 4 rings (SSSR count). The van der Waals surface area contributed by atoms with E-state index in [1.54, 1.807) is 6.20 Å². The van der Waals surface area contributed by atoms with Gasteiger partial charge in [-0.05, 0) is 25.0 Å². The lowest BCUT2D eigenvalue weighted by atomic mass is 10.1. The topological polar surface area (TPSA) is 38.5 Å². The van der Waals surface area contributed by atoms with Gasteiger partial charge in [-0.2, -0.15) is 0 Å². The van der Waals surface area contributed by atoms with Crippen LogP contribution in [0.15, 0.2) is 59.1 Å². The molecule has 4 nitrogen and oxygen atoms in total. The van der Waals surface area contributed by atoms with Crippen molar-refractivity contribution >= 4 is 0 Å². The zero-order valence-electron chi connectivity index (χ0n) is 14.8. The first-order valence-electron chi connectivity index (χ1n) is 9.01. The van der Waals surface area contributed by atoms with Crippen molar-refractivity contribution in [2.45, 2.75) is 25.5 Å². The number of oxazole rings is 1. The summed E-state index contributed by atoms with van der Waals surface area (Å²) in [5.41, 5.74) is 1.00. The molecule has 0 saturated carbocycles. The van der Waals surface area contributed by atoms with Crippen LogP contribution in [0.4, 0.5) is 8.78 Å². The normalized spacial score (nSPS) is 15.8. The number of hydrogen-bond donors (Lipinski definition) is 0. The highest BCUT2D eigenvalue weighted by molar-refractivity contribution is 5.55. The summed E-state index contributed by atoms with van der Waals surface area (Å²) in [5.74, 6) is 0.282. The van der Waals surface area contributed by atoms with Gasteiger partial charge >= 0.3 is 0 Å². The second kappa shape index (κ2) is 7.88. The minimum atomic E-state index is -0.661. The zero-order valence-corrected chi connectivity index (χ0v) is 14.8. The maximum absolute atomic E-state index is 13.7. The van der Waals surface area contributed by atoms with Gasteiger partial charge < -0.3 is 9.15 Å². The largest absolute Gasteiger partial charge is 0.487 e. The molecule has 0 N–H and O–H groups in total. The third-order valence-electron chi connectivity index (χ3n) is 4.69. The number of benzene rings is 2. The molecule has 140 valence electrons. The van der Waals surface area contributed by atoms with Crippen LogP contribution in [-0.2, 0) is 6.54 Å². The van der Waals surface area contributed by atoms with Crippen molar-refractivity contribution in [1.29, 1.82) is 0 Å². The first-order valence-corrected chi connectivity index (χ1v) is 9.01. The van der Waals surface area contributed by atoms with E-state index in [0.717, 1.165) is 43.3 Å². The van der Waals surface area contributed by atoms with Gasteiger partial charge in [-0.1, -0.05) is 30.3 Å². The Morgan fingerprint density at radius 3 is 2.59 bits per heavy atom. The highest BCUT2D eigenvalue weighted by atomic mass is 19.1. The Bertz CT molecular complexity index is 890. The molecule has 1 saturated heterocycles. The van der Waals surface area contributed by atoms with E-state index < -0.39 is 11.6 Å². The quantitative estimate of drug-likeness (QED) is 0.655. The van der Waals surface area contributed by atoms with E-state index in [1.165, 1.54) is 12.1 Å². The van der Waals surface area contributed by atoms with Gasteiger partial charge in [0, 0.05) is 24.7 Å². The van der Waals surface area contributed by atoms with E-state index in [2.05, 4.69) is 9.88 Å². The summed E-state index contributed by atoms with van der Waals surface area (Å²) in [7, 11) is 0. The molecule has 1 aliphatic heterocycles. The molecule has 2 heterocycles. The van der Waals surface area contributed by atoms with Gasteiger partial charge in [0.25, 0.3) is 0 Å². The van der Waals surface area contributed by atoms with E-state index in [1.807, 2.05) is 30.3 Å². The smallest absolute Gasteiger partial charge is 0.209 e. The lowest BCUT2D eigenvalue weighted by molar-refractivity contribution is 0.0888. The number of likely N-dealkylation sites (tertiary alicyclic amines) is 1. The maximum atomic E-state index is 13.7. The van der Waals surface area contributed by atoms with Gasteiger partial charge in [0.15, 0.2) is 17.3 Å². The van der Waals surface area contributed by atoms with E-state index in [4.69, 9.17) is 9.15 Å². The minimum absolute atomic E-state index is 0.0781. The summed E-state index contributed by atoms with van der Waals surface area (Å²) in [6.45, 7) is 2.23. The van der Waals surface area contributed by atoms with E-state index in [0.29, 0.717) is 12.4 Å². The Labute approximate surface area is 156 Å². The molecule has 6 heteroatoms. The molecule has 2 aromatic carbocycles. The molecular weight excluding hydrogens is 350 g/mol. The number of piperidine rings is 1. The second-order valence-corrected chi connectivity index (χ2v) is 6.65. The molecule has 0 radical (unpaired) electrons. The average Bonchev–Trinajstić information content (AvgIpc) is 3.15. The lowest BCUT2D eigenvalue weighted by Crippen LogP contribution is -2.38. The lowest BCUT2D eigenvalue weighted by Gasteiger charge is -2.31. The molecule has 3 aromatic rings. The first kappa shape index (κ1) is 17.7. The molecule has 1 aromatic heterocycles. The number of halogens is 2. The van der Waals surface area contributed by atoms with Gasteiger partial charge in [0.1, 0.15) is 11.9 Å². The van der Waals surface area contributed by atoms with Crippen LogP contribution in [0.1, 0.15) is 18.7 Å². The SMILES string of the molecule is Fc1ccc(OC2CCN(Cc3ncc(-c4ccccc4)o3)CC2)c(F)c1. The Kier molecular flexibility index (Phi) is 5.16. The number of aromatic nitrogens is 1. The highest BCUT2D eigenvalue weighted by Gasteiger charge is 2.23. The molecule has 0 unspecified atom stereocenters. The fraction of sp³-hybridized carbons (Fsp3) is 0.286. The van der Waals surface area contributed by atoms with Gasteiger partial charge in [0.05, 0.1) is 12.7 Å². The van der Waals surface area contributed by atoms with E-state index in [9.17, 15) is 8.78 Å². The molecule has 0 atom stereocenters. The summed E-state index contributed by atoms with van der Waals surface area (Å²) in [4.78, 5) is 6.61. The fourth-order valence-electron chi connectivity index (χ4n) is 3.25.